The normalized spacial score (nSPS) is 11.7. The first-order valence-electron chi connectivity index (χ1n) is 5.80. The lowest BCUT2D eigenvalue weighted by atomic mass is 10.2. The second-order valence-electron chi connectivity index (χ2n) is 4.00. The molecule has 6 heteroatoms. The number of hydrogen-bond donors (Lipinski definition) is 1. The number of ether oxygens (including phenoxy) is 1. The van der Waals surface area contributed by atoms with E-state index in [1.807, 2.05) is 18.2 Å². The Hall–Kier alpha value is -1.82. The highest BCUT2D eigenvalue weighted by Crippen LogP contribution is 2.18. The first kappa shape index (κ1) is 13.6. The van der Waals surface area contributed by atoms with E-state index in [0.717, 1.165) is 10.9 Å². The average Bonchev–Trinajstić information content (AvgIpc) is 2.37. The number of benzene rings is 1. The number of alkyl halides is 3. The highest BCUT2D eigenvalue weighted by atomic mass is 19.4. The maximum absolute atomic E-state index is 11.9. The largest absolute Gasteiger partial charge is 0.492 e. The predicted octanol–water partition coefficient (Wildman–Crippen LogP) is 2.77. The van der Waals surface area contributed by atoms with Gasteiger partial charge in [-0.25, -0.2) is 0 Å². The SMILES string of the molecule is FC(F)(F)CNCCOc1ccc2cccnc2c1. The summed E-state index contributed by atoms with van der Waals surface area (Å²) in [4.78, 5) is 4.17. The Morgan fingerprint density at radius 2 is 2.05 bits per heavy atom. The van der Waals surface area contributed by atoms with Crippen LogP contribution in [0.2, 0.25) is 0 Å². The quantitative estimate of drug-likeness (QED) is 0.848. The molecule has 0 unspecified atom stereocenters. The number of aromatic nitrogens is 1. The first-order chi connectivity index (χ1) is 9.04. The van der Waals surface area contributed by atoms with Gasteiger partial charge in [0.15, 0.2) is 0 Å². The summed E-state index contributed by atoms with van der Waals surface area (Å²) in [6.45, 7) is -0.691. The summed E-state index contributed by atoms with van der Waals surface area (Å²) in [5.41, 5.74) is 0.795. The van der Waals surface area contributed by atoms with Gasteiger partial charge in [0.05, 0.1) is 12.1 Å². The van der Waals surface area contributed by atoms with Crippen molar-refractivity contribution in [3.05, 3.63) is 36.5 Å². The lowest BCUT2D eigenvalue weighted by Gasteiger charge is -2.09. The zero-order chi connectivity index (χ0) is 13.7. The molecule has 0 saturated carbocycles. The fourth-order valence-corrected chi connectivity index (χ4v) is 1.61. The van der Waals surface area contributed by atoms with Gasteiger partial charge in [-0.05, 0) is 18.2 Å². The number of nitrogens with zero attached hydrogens (tertiary/aromatic N) is 1. The Labute approximate surface area is 108 Å². The summed E-state index contributed by atoms with van der Waals surface area (Å²) in [5, 5.41) is 3.26. The van der Waals surface area contributed by atoms with E-state index in [1.165, 1.54) is 0 Å². The molecule has 0 bridgehead atoms. The molecule has 19 heavy (non-hydrogen) atoms. The Morgan fingerprint density at radius 1 is 1.21 bits per heavy atom. The Morgan fingerprint density at radius 3 is 2.84 bits per heavy atom. The zero-order valence-corrected chi connectivity index (χ0v) is 10.1. The summed E-state index contributed by atoms with van der Waals surface area (Å²) in [5.74, 6) is 0.597. The molecule has 0 amide bonds. The number of halogens is 3. The maximum Gasteiger partial charge on any atom is 0.401 e. The molecular weight excluding hydrogens is 257 g/mol. The molecule has 1 aromatic carbocycles. The van der Waals surface area contributed by atoms with Crippen LogP contribution in [-0.2, 0) is 0 Å². The fourth-order valence-electron chi connectivity index (χ4n) is 1.61. The van der Waals surface area contributed by atoms with Gasteiger partial charge in [0, 0.05) is 24.2 Å². The minimum absolute atomic E-state index is 0.139. The third kappa shape index (κ3) is 4.40. The molecule has 0 spiro atoms. The van der Waals surface area contributed by atoms with E-state index in [-0.39, 0.29) is 13.2 Å². The molecule has 0 aliphatic carbocycles. The van der Waals surface area contributed by atoms with E-state index < -0.39 is 12.7 Å². The number of nitrogens with one attached hydrogen (secondary N) is 1. The van der Waals surface area contributed by atoms with Crippen LogP contribution >= 0.6 is 0 Å². The van der Waals surface area contributed by atoms with Gasteiger partial charge in [-0.2, -0.15) is 13.2 Å². The van der Waals surface area contributed by atoms with Crippen molar-refractivity contribution in [1.82, 2.24) is 10.3 Å². The fraction of sp³-hybridized carbons (Fsp3) is 0.308. The monoisotopic (exact) mass is 270 g/mol. The number of hydrogen-bond acceptors (Lipinski definition) is 3. The van der Waals surface area contributed by atoms with Crippen LogP contribution in [0.4, 0.5) is 13.2 Å². The van der Waals surface area contributed by atoms with Crippen molar-refractivity contribution in [3.63, 3.8) is 0 Å². The number of pyridine rings is 1. The molecular formula is C13H13F3N2O. The summed E-state index contributed by atoms with van der Waals surface area (Å²) >= 11 is 0. The van der Waals surface area contributed by atoms with Crippen molar-refractivity contribution in [2.75, 3.05) is 19.7 Å². The van der Waals surface area contributed by atoms with E-state index in [2.05, 4.69) is 10.3 Å². The molecule has 1 N–H and O–H groups in total. The highest BCUT2D eigenvalue weighted by molar-refractivity contribution is 5.79. The topological polar surface area (TPSA) is 34.1 Å². The second-order valence-corrected chi connectivity index (χ2v) is 4.00. The van der Waals surface area contributed by atoms with E-state index in [1.54, 1.807) is 18.3 Å². The second kappa shape index (κ2) is 5.88. The molecule has 0 fully saturated rings. The van der Waals surface area contributed by atoms with Crippen molar-refractivity contribution in [3.8, 4) is 5.75 Å². The average molecular weight is 270 g/mol. The van der Waals surface area contributed by atoms with Crippen molar-refractivity contribution < 1.29 is 17.9 Å². The van der Waals surface area contributed by atoms with E-state index >= 15 is 0 Å². The van der Waals surface area contributed by atoms with Crippen molar-refractivity contribution >= 4 is 10.9 Å². The zero-order valence-electron chi connectivity index (χ0n) is 10.1. The van der Waals surface area contributed by atoms with Crippen LogP contribution in [0.25, 0.3) is 10.9 Å². The van der Waals surface area contributed by atoms with Crippen LogP contribution in [0.1, 0.15) is 0 Å². The van der Waals surface area contributed by atoms with Gasteiger partial charge >= 0.3 is 6.18 Å². The summed E-state index contributed by atoms with van der Waals surface area (Å²) in [6, 6.07) is 9.16. The smallest absolute Gasteiger partial charge is 0.401 e. The standard InChI is InChI=1S/C13H13F3N2O/c14-13(15,16)9-17-6-7-19-11-4-3-10-2-1-5-18-12(10)8-11/h1-5,8,17H,6-7,9H2. The Kier molecular flexibility index (Phi) is 4.21. The molecule has 2 rings (SSSR count). The molecule has 1 aromatic heterocycles. The van der Waals surface area contributed by atoms with Gasteiger partial charge in [0.2, 0.25) is 0 Å². The van der Waals surface area contributed by atoms with Crippen LogP contribution in [0.5, 0.6) is 5.75 Å². The highest BCUT2D eigenvalue weighted by Gasteiger charge is 2.25. The molecule has 0 aliphatic rings. The minimum atomic E-state index is -4.19. The van der Waals surface area contributed by atoms with Crippen LogP contribution < -0.4 is 10.1 Å². The number of rotatable bonds is 5. The van der Waals surface area contributed by atoms with Crippen LogP contribution in [0.15, 0.2) is 36.5 Å². The lowest BCUT2D eigenvalue weighted by molar-refractivity contribution is -0.124. The third-order valence-electron chi connectivity index (χ3n) is 2.45. The number of fused-ring (bicyclic) bond motifs is 1. The minimum Gasteiger partial charge on any atom is -0.492 e. The van der Waals surface area contributed by atoms with Crippen LogP contribution in [0.3, 0.4) is 0 Å². The predicted molar refractivity (Wildman–Crippen MR) is 66.2 cm³/mol. The molecule has 0 saturated heterocycles. The van der Waals surface area contributed by atoms with Crippen molar-refractivity contribution in [2.24, 2.45) is 0 Å². The molecule has 3 nitrogen and oxygen atoms in total. The molecule has 1 heterocycles. The lowest BCUT2D eigenvalue weighted by Crippen LogP contribution is -2.31. The Balaban J connectivity index is 1.82. The Bertz CT molecular complexity index is 543. The first-order valence-corrected chi connectivity index (χ1v) is 5.80. The van der Waals surface area contributed by atoms with Crippen LogP contribution in [-0.4, -0.2) is 30.9 Å². The van der Waals surface area contributed by atoms with E-state index in [4.69, 9.17) is 4.74 Å². The molecule has 0 atom stereocenters. The van der Waals surface area contributed by atoms with Gasteiger partial charge in [0.25, 0.3) is 0 Å². The third-order valence-corrected chi connectivity index (χ3v) is 2.45. The van der Waals surface area contributed by atoms with Gasteiger partial charge in [-0.3, -0.25) is 4.98 Å². The van der Waals surface area contributed by atoms with Gasteiger partial charge < -0.3 is 10.1 Å². The van der Waals surface area contributed by atoms with Gasteiger partial charge in [0.1, 0.15) is 12.4 Å². The van der Waals surface area contributed by atoms with Gasteiger partial charge in [-0.1, -0.05) is 6.07 Å². The molecule has 0 radical (unpaired) electrons. The summed E-state index contributed by atoms with van der Waals surface area (Å²) in [6.07, 6.45) is -2.51. The van der Waals surface area contributed by atoms with Crippen molar-refractivity contribution in [2.45, 2.75) is 6.18 Å². The van der Waals surface area contributed by atoms with Crippen molar-refractivity contribution in [1.29, 1.82) is 0 Å². The van der Waals surface area contributed by atoms with Crippen LogP contribution in [0, 0.1) is 0 Å². The van der Waals surface area contributed by atoms with E-state index in [9.17, 15) is 13.2 Å². The maximum atomic E-state index is 11.9. The molecule has 0 aliphatic heterocycles. The summed E-state index contributed by atoms with van der Waals surface area (Å²) in [7, 11) is 0. The summed E-state index contributed by atoms with van der Waals surface area (Å²) < 4.78 is 41.0. The molecule has 102 valence electrons. The molecule has 2 aromatic rings. The van der Waals surface area contributed by atoms with E-state index in [0.29, 0.717) is 5.75 Å². The van der Waals surface area contributed by atoms with Gasteiger partial charge in [-0.15, -0.1) is 0 Å².